The average Bonchev–Trinajstić information content (AvgIpc) is 2.39. The molecule has 0 radical (unpaired) electrons. The highest BCUT2D eigenvalue weighted by atomic mass is 16.3. The Bertz CT molecular complexity index is 561. The smallest absolute Gasteiger partial charge is 0.137 e. The molecule has 0 atom stereocenters. The molecule has 2 rings (SSSR count). The molecule has 19 heavy (non-hydrogen) atoms. The average molecular weight is 255 g/mol. The first-order valence-electron chi connectivity index (χ1n) is 6.27. The number of rotatable bonds is 5. The molecule has 3 nitrogen and oxygen atoms in total. The third-order valence-corrected chi connectivity index (χ3v) is 2.98. The van der Waals surface area contributed by atoms with Gasteiger partial charge in [0.05, 0.1) is 0 Å². The van der Waals surface area contributed by atoms with E-state index in [1.54, 1.807) is 24.3 Å². The van der Waals surface area contributed by atoms with Crippen molar-refractivity contribution in [2.24, 2.45) is 0 Å². The van der Waals surface area contributed by atoms with Gasteiger partial charge in [-0.05, 0) is 41.8 Å². The van der Waals surface area contributed by atoms with Gasteiger partial charge in [0.15, 0.2) is 0 Å². The zero-order valence-corrected chi connectivity index (χ0v) is 10.7. The fourth-order valence-corrected chi connectivity index (χ4v) is 1.96. The van der Waals surface area contributed by atoms with Gasteiger partial charge in [0.1, 0.15) is 11.5 Å². The van der Waals surface area contributed by atoms with E-state index in [0.717, 1.165) is 16.8 Å². The quantitative estimate of drug-likeness (QED) is 0.807. The lowest BCUT2D eigenvalue weighted by atomic mass is 10.0. The molecule has 3 heteroatoms. The van der Waals surface area contributed by atoms with Crippen LogP contribution in [0.4, 0.5) is 5.69 Å². The lowest BCUT2D eigenvalue weighted by Gasteiger charge is -2.03. The fourth-order valence-electron chi connectivity index (χ4n) is 1.96. The summed E-state index contributed by atoms with van der Waals surface area (Å²) in [5.41, 5.74) is 8.43. The summed E-state index contributed by atoms with van der Waals surface area (Å²) in [6, 6.07) is 14.3. The van der Waals surface area contributed by atoms with Crippen molar-refractivity contribution in [3.8, 4) is 5.75 Å². The summed E-state index contributed by atoms with van der Waals surface area (Å²) in [7, 11) is 0. The first-order valence-corrected chi connectivity index (χ1v) is 6.27. The molecule has 0 unspecified atom stereocenters. The van der Waals surface area contributed by atoms with Gasteiger partial charge in [-0.2, -0.15) is 0 Å². The van der Waals surface area contributed by atoms with Crippen LogP contribution in [0.25, 0.3) is 0 Å². The van der Waals surface area contributed by atoms with Crippen LogP contribution in [0.1, 0.15) is 17.5 Å². The lowest BCUT2D eigenvalue weighted by molar-refractivity contribution is -0.118. The van der Waals surface area contributed by atoms with Crippen molar-refractivity contribution in [3.63, 3.8) is 0 Å². The van der Waals surface area contributed by atoms with Gasteiger partial charge in [0.2, 0.25) is 0 Å². The van der Waals surface area contributed by atoms with Crippen molar-refractivity contribution in [3.05, 3.63) is 59.7 Å². The summed E-state index contributed by atoms with van der Waals surface area (Å²) < 4.78 is 0. The SMILES string of the molecule is Nc1cccc(CCC(=O)Cc2ccc(O)cc2)c1. The number of phenolic OH excluding ortho intramolecular Hbond substituents is 1. The molecule has 0 fully saturated rings. The lowest BCUT2D eigenvalue weighted by Crippen LogP contribution is -2.04. The van der Waals surface area contributed by atoms with Crippen LogP contribution in [-0.4, -0.2) is 10.9 Å². The third-order valence-electron chi connectivity index (χ3n) is 2.98. The highest BCUT2D eigenvalue weighted by molar-refractivity contribution is 5.81. The number of ketones is 1. The number of aromatic hydroxyl groups is 1. The highest BCUT2D eigenvalue weighted by Gasteiger charge is 2.05. The van der Waals surface area contributed by atoms with E-state index in [1.807, 2.05) is 24.3 Å². The maximum Gasteiger partial charge on any atom is 0.137 e. The Hall–Kier alpha value is -2.29. The third kappa shape index (κ3) is 4.14. The van der Waals surface area contributed by atoms with Crippen molar-refractivity contribution in [1.29, 1.82) is 0 Å². The maximum absolute atomic E-state index is 11.9. The summed E-state index contributed by atoms with van der Waals surface area (Å²) in [6.45, 7) is 0. The standard InChI is InChI=1S/C16H17NO2/c17-14-3-1-2-12(10-14)6-9-16(19)11-13-4-7-15(18)8-5-13/h1-5,7-8,10,18H,6,9,11,17H2. The van der Waals surface area contributed by atoms with Gasteiger partial charge < -0.3 is 10.8 Å². The Kier molecular flexibility index (Phi) is 4.18. The topological polar surface area (TPSA) is 63.3 Å². The summed E-state index contributed by atoms with van der Waals surface area (Å²) in [4.78, 5) is 11.9. The molecule has 98 valence electrons. The fraction of sp³-hybridized carbons (Fsp3) is 0.188. The molecule has 0 saturated carbocycles. The molecule has 0 aliphatic carbocycles. The molecule has 0 amide bonds. The molecule has 0 bridgehead atoms. The summed E-state index contributed by atoms with van der Waals surface area (Å²) in [5, 5.41) is 9.17. The molecule has 2 aromatic carbocycles. The summed E-state index contributed by atoms with van der Waals surface area (Å²) >= 11 is 0. The van der Waals surface area contributed by atoms with Crippen LogP contribution in [0, 0.1) is 0 Å². The van der Waals surface area contributed by atoms with Gasteiger partial charge in [0.25, 0.3) is 0 Å². The number of nitrogen functional groups attached to an aromatic ring is 1. The van der Waals surface area contributed by atoms with Gasteiger partial charge in [-0.1, -0.05) is 24.3 Å². The zero-order chi connectivity index (χ0) is 13.7. The van der Waals surface area contributed by atoms with E-state index in [0.29, 0.717) is 19.3 Å². The number of carbonyl (C=O) groups is 1. The molecule has 0 heterocycles. The van der Waals surface area contributed by atoms with Crippen LogP contribution in [0.2, 0.25) is 0 Å². The molecule has 0 aromatic heterocycles. The first kappa shape index (κ1) is 13.1. The summed E-state index contributed by atoms with van der Waals surface area (Å²) in [6.07, 6.45) is 1.62. The van der Waals surface area contributed by atoms with E-state index in [-0.39, 0.29) is 11.5 Å². The number of hydrogen-bond acceptors (Lipinski definition) is 3. The number of anilines is 1. The zero-order valence-electron chi connectivity index (χ0n) is 10.7. The second kappa shape index (κ2) is 6.05. The van der Waals surface area contributed by atoms with Crippen molar-refractivity contribution >= 4 is 11.5 Å². The second-order valence-corrected chi connectivity index (χ2v) is 4.63. The number of aryl methyl sites for hydroxylation is 1. The minimum absolute atomic E-state index is 0.188. The maximum atomic E-state index is 11.9. The van der Waals surface area contributed by atoms with Crippen molar-refractivity contribution in [2.45, 2.75) is 19.3 Å². The van der Waals surface area contributed by atoms with E-state index >= 15 is 0 Å². The Labute approximate surface area is 112 Å². The molecule has 3 N–H and O–H groups in total. The van der Waals surface area contributed by atoms with Crippen LogP contribution in [0.15, 0.2) is 48.5 Å². The molecule has 0 saturated heterocycles. The van der Waals surface area contributed by atoms with Crippen LogP contribution >= 0.6 is 0 Å². The minimum atomic E-state index is 0.188. The normalized spacial score (nSPS) is 10.3. The predicted octanol–water partition coefficient (Wildman–Crippen LogP) is 2.72. The summed E-state index contributed by atoms with van der Waals surface area (Å²) in [5.74, 6) is 0.407. The number of nitrogens with two attached hydrogens (primary N) is 1. The monoisotopic (exact) mass is 255 g/mol. The van der Waals surface area contributed by atoms with Gasteiger partial charge in [-0.25, -0.2) is 0 Å². The Morgan fingerprint density at radius 3 is 2.47 bits per heavy atom. The Balaban J connectivity index is 1.86. The molecular weight excluding hydrogens is 238 g/mol. The van der Waals surface area contributed by atoms with E-state index < -0.39 is 0 Å². The minimum Gasteiger partial charge on any atom is -0.508 e. The van der Waals surface area contributed by atoms with Crippen molar-refractivity contribution in [2.75, 3.05) is 5.73 Å². The number of hydrogen-bond donors (Lipinski definition) is 2. The van der Waals surface area contributed by atoms with Crippen LogP contribution in [-0.2, 0) is 17.6 Å². The van der Waals surface area contributed by atoms with Gasteiger partial charge in [-0.3, -0.25) is 4.79 Å². The highest BCUT2D eigenvalue weighted by Crippen LogP contribution is 2.12. The van der Waals surface area contributed by atoms with Crippen molar-refractivity contribution in [1.82, 2.24) is 0 Å². The number of benzene rings is 2. The Morgan fingerprint density at radius 2 is 1.79 bits per heavy atom. The number of Topliss-reactive ketones (excluding diaryl/α,β-unsaturated/α-hetero) is 1. The van der Waals surface area contributed by atoms with Gasteiger partial charge >= 0.3 is 0 Å². The molecule has 0 spiro atoms. The Morgan fingerprint density at radius 1 is 1.05 bits per heavy atom. The first-order chi connectivity index (χ1) is 9.13. The molecule has 2 aromatic rings. The van der Waals surface area contributed by atoms with E-state index in [1.165, 1.54) is 0 Å². The van der Waals surface area contributed by atoms with E-state index in [4.69, 9.17) is 5.73 Å². The second-order valence-electron chi connectivity index (χ2n) is 4.63. The van der Waals surface area contributed by atoms with Gasteiger partial charge in [0, 0.05) is 18.5 Å². The largest absolute Gasteiger partial charge is 0.508 e. The predicted molar refractivity (Wildman–Crippen MR) is 76.0 cm³/mol. The van der Waals surface area contributed by atoms with Gasteiger partial charge in [-0.15, -0.1) is 0 Å². The molecule has 0 aliphatic rings. The van der Waals surface area contributed by atoms with E-state index in [2.05, 4.69) is 0 Å². The van der Waals surface area contributed by atoms with E-state index in [9.17, 15) is 9.90 Å². The molecule has 0 aliphatic heterocycles. The van der Waals surface area contributed by atoms with Crippen LogP contribution in [0.3, 0.4) is 0 Å². The number of phenols is 1. The molecular formula is C16H17NO2. The number of carbonyl (C=O) groups excluding carboxylic acids is 1. The van der Waals surface area contributed by atoms with Crippen LogP contribution < -0.4 is 5.73 Å². The van der Waals surface area contributed by atoms with Crippen molar-refractivity contribution < 1.29 is 9.90 Å². The van der Waals surface area contributed by atoms with Crippen LogP contribution in [0.5, 0.6) is 5.75 Å².